The second kappa shape index (κ2) is 8.10. The van der Waals surface area contributed by atoms with Crippen LogP contribution in [0.5, 0.6) is 0 Å². The van der Waals surface area contributed by atoms with Crippen molar-refractivity contribution >= 4 is 0 Å². The Bertz CT molecular complexity index is 364. The number of hydrogen-bond acceptors (Lipinski definition) is 3. The fourth-order valence-corrected chi connectivity index (χ4v) is 1.94. The molecule has 4 atom stereocenters. The fraction of sp³-hybridized carbons (Fsp3) is 0.500. The molecule has 1 aromatic carbocycles. The predicted molar refractivity (Wildman–Crippen MR) is 76.7 cm³/mol. The highest BCUT2D eigenvalue weighted by Crippen LogP contribution is 2.17. The van der Waals surface area contributed by atoms with E-state index in [9.17, 15) is 10.2 Å². The van der Waals surface area contributed by atoms with Crippen LogP contribution in [0.2, 0.25) is 0 Å². The topological polar surface area (TPSA) is 49.7 Å². The highest BCUT2D eigenvalue weighted by Gasteiger charge is 2.26. The van der Waals surface area contributed by atoms with Gasteiger partial charge >= 0.3 is 0 Å². The van der Waals surface area contributed by atoms with Crippen molar-refractivity contribution in [1.29, 1.82) is 0 Å². The van der Waals surface area contributed by atoms with Crippen LogP contribution >= 0.6 is 0 Å². The van der Waals surface area contributed by atoms with Gasteiger partial charge < -0.3 is 14.9 Å². The Kier molecular flexibility index (Phi) is 6.78. The first kappa shape index (κ1) is 15.9. The third kappa shape index (κ3) is 5.15. The van der Waals surface area contributed by atoms with Crippen molar-refractivity contribution in [2.45, 2.75) is 45.2 Å². The summed E-state index contributed by atoms with van der Waals surface area (Å²) in [6, 6.07) is 9.83. The standard InChI is InChI=1S/C16H24O3/c1-4-8-15(17)12(2)16(18)13(3)19-11-14-9-6-5-7-10-14/h4-7,9-10,12-13,15-18H,1,8,11H2,2-3H3/t12-,13-,15+,16-/m0/s1. The lowest BCUT2D eigenvalue weighted by molar-refractivity contribution is -0.0801. The molecular formula is C16H24O3. The molecular weight excluding hydrogens is 240 g/mol. The summed E-state index contributed by atoms with van der Waals surface area (Å²) in [5, 5.41) is 20.0. The van der Waals surface area contributed by atoms with Gasteiger partial charge in [0.05, 0.1) is 24.9 Å². The molecule has 0 spiro atoms. The molecule has 106 valence electrons. The Morgan fingerprint density at radius 2 is 1.84 bits per heavy atom. The Morgan fingerprint density at radius 3 is 2.42 bits per heavy atom. The van der Waals surface area contributed by atoms with E-state index in [-0.39, 0.29) is 12.0 Å². The van der Waals surface area contributed by atoms with Gasteiger partial charge in [0.2, 0.25) is 0 Å². The van der Waals surface area contributed by atoms with E-state index in [2.05, 4.69) is 6.58 Å². The summed E-state index contributed by atoms with van der Waals surface area (Å²) in [5.41, 5.74) is 1.07. The summed E-state index contributed by atoms with van der Waals surface area (Å²) in [4.78, 5) is 0. The number of aliphatic hydroxyl groups excluding tert-OH is 2. The number of rotatable bonds is 8. The van der Waals surface area contributed by atoms with Gasteiger partial charge in [0, 0.05) is 5.92 Å². The molecule has 0 unspecified atom stereocenters. The number of hydrogen-bond donors (Lipinski definition) is 2. The van der Waals surface area contributed by atoms with E-state index in [1.165, 1.54) is 0 Å². The zero-order valence-corrected chi connectivity index (χ0v) is 11.7. The lowest BCUT2D eigenvalue weighted by atomic mass is 9.93. The summed E-state index contributed by atoms with van der Waals surface area (Å²) in [5.74, 6) is -0.247. The van der Waals surface area contributed by atoms with Crippen LogP contribution in [0.3, 0.4) is 0 Å². The van der Waals surface area contributed by atoms with E-state index in [0.717, 1.165) is 5.56 Å². The quantitative estimate of drug-likeness (QED) is 0.709. The minimum Gasteiger partial charge on any atom is -0.392 e. The van der Waals surface area contributed by atoms with Crippen molar-refractivity contribution in [2.24, 2.45) is 5.92 Å². The molecule has 2 N–H and O–H groups in total. The number of benzene rings is 1. The molecule has 0 bridgehead atoms. The van der Waals surface area contributed by atoms with Gasteiger partial charge in [-0.2, -0.15) is 0 Å². The fourth-order valence-electron chi connectivity index (χ4n) is 1.94. The summed E-state index contributed by atoms with van der Waals surface area (Å²) in [7, 11) is 0. The highest BCUT2D eigenvalue weighted by atomic mass is 16.5. The van der Waals surface area contributed by atoms with Gasteiger partial charge in [0.25, 0.3) is 0 Å². The molecule has 0 heterocycles. The largest absolute Gasteiger partial charge is 0.392 e. The van der Waals surface area contributed by atoms with Crippen LogP contribution in [0.25, 0.3) is 0 Å². The van der Waals surface area contributed by atoms with E-state index in [4.69, 9.17) is 4.74 Å². The molecule has 0 saturated carbocycles. The van der Waals surface area contributed by atoms with Crippen LogP contribution in [0.4, 0.5) is 0 Å². The molecule has 0 aliphatic carbocycles. The molecule has 1 aromatic rings. The molecule has 0 saturated heterocycles. The first-order chi connectivity index (χ1) is 9.06. The smallest absolute Gasteiger partial charge is 0.0849 e. The average Bonchev–Trinajstić information content (AvgIpc) is 2.44. The lowest BCUT2D eigenvalue weighted by Crippen LogP contribution is -2.38. The van der Waals surface area contributed by atoms with Crippen molar-refractivity contribution in [2.75, 3.05) is 0 Å². The van der Waals surface area contributed by atoms with E-state index < -0.39 is 12.2 Å². The summed E-state index contributed by atoms with van der Waals surface area (Å²) in [6.07, 6.45) is 0.524. The second-order valence-electron chi connectivity index (χ2n) is 4.94. The molecule has 0 aliphatic rings. The lowest BCUT2D eigenvalue weighted by Gasteiger charge is -2.28. The second-order valence-corrected chi connectivity index (χ2v) is 4.94. The molecule has 0 aromatic heterocycles. The van der Waals surface area contributed by atoms with Gasteiger partial charge in [0.15, 0.2) is 0 Å². The first-order valence-corrected chi connectivity index (χ1v) is 6.68. The first-order valence-electron chi connectivity index (χ1n) is 6.68. The average molecular weight is 264 g/mol. The van der Waals surface area contributed by atoms with Crippen LogP contribution in [-0.2, 0) is 11.3 Å². The zero-order valence-electron chi connectivity index (χ0n) is 11.7. The third-order valence-corrected chi connectivity index (χ3v) is 3.39. The third-order valence-electron chi connectivity index (χ3n) is 3.39. The van der Waals surface area contributed by atoms with E-state index in [1.807, 2.05) is 44.2 Å². The van der Waals surface area contributed by atoms with Crippen molar-refractivity contribution in [1.82, 2.24) is 0 Å². The van der Waals surface area contributed by atoms with Crippen LogP contribution in [0.15, 0.2) is 43.0 Å². The van der Waals surface area contributed by atoms with Gasteiger partial charge in [-0.3, -0.25) is 0 Å². The van der Waals surface area contributed by atoms with Gasteiger partial charge in [-0.25, -0.2) is 0 Å². The Balaban J connectivity index is 2.43. The minimum absolute atomic E-state index is 0.247. The van der Waals surface area contributed by atoms with Gasteiger partial charge in [-0.1, -0.05) is 43.3 Å². The minimum atomic E-state index is -0.696. The Labute approximate surface area is 115 Å². The maximum absolute atomic E-state index is 10.1. The number of ether oxygens (including phenoxy) is 1. The maximum atomic E-state index is 10.1. The molecule has 0 fully saturated rings. The monoisotopic (exact) mass is 264 g/mol. The van der Waals surface area contributed by atoms with Crippen molar-refractivity contribution in [3.63, 3.8) is 0 Å². The van der Waals surface area contributed by atoms with Gasteiger partial charge in [-0.05, 0) is 18.9 Å². The molecule has 1 rings (SSSR count). The predicted octanol–water partition coefficient (Wildman–Crippen LogP) is 2.53. The molecule has 3 nitrogen and oxygen atoms in total. The molecule has 0 amide bonds. The Hall–Kier alpha value is -1.16. The van der Waals surface area contributed by atoms with Crippen molar-refractivity contribution < 1.29 is 14.9 Å². The molecule has 19 heavy (non-hydrogen) atoms. The molecule has 3 heteroatoms. The van der Waals surface area contributed by atoms with Crippen LogP contribution in [0, 0.1) is 5.92 Å². The summed E-state index contributed by atoms with van der Waals surface area (Å²) in [6.45, 7) is 7.70. The van der Waals surface area contributed by atoms with Gasteiger partial charge in [0.1, 0.15) is 0 Å². The normalized spacial score (nSPS) is 17.5. The van der Waals surface area contributed by atoms with Crippen LogP contribution in [0.1, 0.15) is 25.8 Å². The van der Waals surface area contributed by atoms with Gasteiger partial charge in [-0.15, -0.1) is 6.58 Å². The molecule has 0 radical (unpaired) electrons. The van der Waals surface area contributed by atoms with E-state index in [0.29, 0.717) is 13.0 Å². The SMILES string of the molecule is C=CC[C@@H](O)[C@H](C)[C@H](O)[C@H](C)OCc1ccccc1. The maximum Gasteiger partial charge on any atom is 0.0849 e. The number of aliphatic hydroxyl groups is 2. The highest BCUT2D eigenvalue weighted by molar-refractivity contribution is 5.13. The van der Waals surface area contributed by atoms with Crippen molar-refractivity contribution in [3.8, 4) is 0 Å². The van der Waals surface area contributed by atoms with Crippen LogP contribution in [-0.4, -0.2) is 28.5 Å². The zero-order chi connectivity index (χ0) is 14.3. The van der Waals surface area contributed by atoms with Crippen LogP contribution < -0.4 is 0 Å². The molecule has 0 aliphatic heterocycles. The summed E-state index contributed by atoms with van der Waals surface area (Å²) < 4.78 is 5.65. The van der Waals surface area contributed by atoms with E-state index >= 15 is 0 Å². The van der Waals surface area contributed by atoms with E-state index in [1.54, 1.807) is 6.08 Å². The summed E-state index contributed by atoms with van der Waals surface area (Å²) >= 11 is 0. The van der Waals surface area contributed by atoms with Crippen molar-refractivity contribution in [3.05, 3.63) is 48.6 Å². The Morgan fingerprint density at radius 1 is 1.21 bits per heavy atom.